The van der Waals surface area contributed by atoms with Crippen molar-refractivity contribution in [3.63, 3.8) is 0 Å². The topological polar surface area (TPSA) is 74.7 Å². The van der Waals surface area contributed by atoms with Crippen molar-refractivity contribution in [3.8, 4) is 0 Å². The largest absolute Gasteiger partial charge is 0.386 e. The number of rotatable bonds is 3. The second kappa shape index (κ2) is 4.44. The molecule has 1 amide bonds. The zero-order valence-corrected chi connectivity index (χ0v) is 11.4. The molecule has 0 spiro atoms. The number of hydrogen-bond acceptors (Lipinski definition) is 5. The number of likely N-dealkylation sites (tertiary alicyclic amines) is 1. The zero-order chi connectivity index (χ0) is 12.7. The van der Waals surface area contributed by atoms with Crippen LogP contribution >= 0.6 is 11.8 Å². The van der Waals surface area contributed by atoms with Crippen molar-refractivity contribution in [2.75, 3.05) is 30.3 Å². The summed E-state index contributed by atoms with van der Waals surface area (Å²) in [7, 11) is -2.86. The van der Waals surface area contributed by atoms with Gasteiger partial charge in [-0.2, -0.15) is 0 Å². The van der Waals surface area contributed by atoms with Crippen LogP contribution in [0.15, 0.2) is 0 Å². The predicted octanol–water partition coefficient (Wildman–Crippen LogP) is -0.500. The lowest BCUT2D eigenvalue weighted by molar-refractivity contribution is -0.149. The molecule has 17 heavy (non-hydrogen) atoms. The van der Waals surface area contributed by atoms with Crippen LogP contribution in [-0.2, 0) is 14.6 Å². The van der Waals surface area contributed by atoms with E-state index in [2.05, 4.69) is 0 Å². The predicted molar refractivity (Wildman–Crippen MR) is 66.7 cm³/mol. The summed E-state index contributed by atoms with van der Waals surface area (Å²) in [6, 6.07) is 0. The minimum absolute atomic E-state index is 0.00850. The fourth-order valence-electron chi connectivity index (χ4n) is 2.13. The van der Waals surface area contributed by atoms with Gasteiger partial charge in [0, 0.05) is 5.25 Å². The lowest BCUT2D eigenvalue weighted by atomic mass is 9.97. The van der Waals surface area contributed by atoms with Gasteiger partial charge >= 0.3 is 0 Å². The van der Waals surface area contributed by atoms with Crippen molar-refractivity contribution in [3.05, 3.63) is 0 Å². The third-order valence-electron chi connectivity index (χ3n) is 3.05. The first-order chi connectivity index (χ1) is 7.77. The molecule has 2 heterocycles. The monoisotopic (exact) mass is 279 g/mol. The zero-order valence-electron chi connectivity index (χ0n) is 9.76. The van der Waals surface area contributed by atoms with Crippen LogP contribution in [0.5, 0.6) is 0 Å². The van der Waals surface area contributed by atoms with Crippen molar-refractivity contribution >= 4 is 27.5 Å². The summed E-state index contributed by atoms with van der Waals surface area (Å²) in [6.07, 6.45) is 0.651. The molecule has 7 heteroatoms. The summed E-state index contributed by atoms with van der Waals surface area (Å²) in [5, 5.41) is 9.56. The molecule has 98 valence electrons. The molecule has 0 aromatic carbocycles. The van der Waals surface area contributed by atoms with Crippen molar-refractivity contribution in [2.45, 2.75) is 24.2 Å². The number of carbonyl (C=O) groups is 1. The molecule has 2 rings (SSSR count). The number of hydrogen-bond donors (Lipinski definition) is 1. The molecule has 2 fully saturated rings. The first-order valence-corrected chi connectivity index (χ1v) is 8.47. The number of β-amino-alcohol motifs (C(OH)–C–C–N with tert-alkyl or cyclic N) is 1. The molecule has 1 atom stereocenters. The van der Waals surface area contributed by atoms with Gasteiger partial charge in [0.05, 0.1) is 35.9 Å². The molecule has 0 aromatic rings. The highest BCUT2D eigenvalue weighted by Crippen LogP contribution is 2.26. The Kier molecular flexibility index (Phi) is 3.44. The maximum absolute atomic E-state index is 11.7. The van der Waals surface area contributed by atoms with Crippen LogP contribution < -0.4 is 0 Å². The van der Waals surface area contributed by atoms with Gasteiger partial charge in [-0.3, -0.25) is 4.79 Å². The Balaban J connectivity index is 1.71. The highest BCUT2D eigenvalue weighted by Gasteiger charge is 2.39. The SMILES string of the molecule is CC1(O)CN(C(=O)CSC2CCS(=O)(=O)C2)C1. The first kappa shape index (κ1) is 13.2. The Labute approximate surface area is 105 Å². The second-order valence-electron chi connectivity index (χ2n) is 5.08. The van der Waals surface area contributed by atoms with Gasteiger partial charge < -0.3 is 10.0 Å². The number of sulfone groups is 1. The van der Waals surface area contributed by atoms with E-state index in [0.29, 0.717) is 25.3 Å². The molecule has 0 saturated carbocycles. The highest BCUT2D eigenvalue weighted by molar-refractivity contribution is 8.02. The lowest BCUT2D eigenvalue weighted by Crippen LogP contribution is -2.62. The van der Waals surface area contributed by atoms with E-state index in [4.69, 9.17) is 0 Å². The van der Waals surface area contributed by atoms with Crippen LogP contribution in [0.2, 0.25) is 0 Å². The van der Waals surface area contributed by atoms with Gasteiger partial charge in [-0.25, -0.2) is 8.42 Å². The Morgan fingerprint density at radius 3 is 2.65 bits per heavy atom. The first-order valence-electron chi connectivity index (χ1n) is 5.60. The number of nitrogens with zero attached hydrogens (tertiary/aromatic N) is 1. The molecule has 2 saturated heterocycles. The summed E-state index contributed by atoms with van der Waals surface area (Å²) in [4.78, 5) is 13.3. The van der Waals surface area contributed by atoms with Gasteiger partial charge in [-0.15, -0.1) is 11.8 Å². The van der Waals surface area contributed by atoms with Crippen LogP contribution in [0.3, 0.4) is 0 Å². The highest BCUT2D eigenvalue weighted by atomic mass is 32.2. The molecule has 0 aromatic heterocycles. The molecule has 5 nitrogen and oxygen atoms in total. The molecule has 2 aliphatic rings. The molecule has 0 bridgehead atoms. The smallest absolute Gasteiger partial charge is 0.232 e. The van der Waals surface area contributed by atoms with Gasteiger partial charge in [0.15, 0.2) is 9.84 Å². The van der Waals surface area contributed by atoms with Crippen LogP contribution in [0.25, 0.3) is 0 Å². The number of thioether (sulfide) groups is 1. The Hall–Kier alpha value is -0.270. The normalized spacial score (nSPS) is 30.0. The van der Waals surface area contributed by atoms with Crippen molar-refractivity contribution < 1.29 is 18.3 Å². The molecule has 1 N–H and O–H groups in total. The third kappa shape index (κ3) is 3.35. The quantitative estimate of drug-likeness (QED) is 0.754. The molecule has 0 radical (unpaired) electrons. The average Bonchev–Trinajstić information content (AvgIpc) is 2.51. The van der Waals surface area contributed by atoms with Crippen LogP contribution in [0.1, 0.15) is 13.3 Å². The Morgan fingerprint density at radius 1 is 1.53 bits per heavy atom. The van der Waals surface area contributed by atoms with E-state index in [-0.39, 0.29) is 22.7 Å². The summed E-state index contributed by atoms with van der Waals surface area (Å²) < 4.78 is 22.5. The van der Waals surface area contributed by atoms with E-state index in [1.54, 1.807) is 11.8 Å². The van der Waals surface area contributed by atoms with Gasteiger partial charge in [0.2, 0.25) is 5.91 Å². The van der Waals surface area contributed by atoms with E-state index in [1.807, 2.05) is 0 Å². The summed E-state index contributed by atoms with van der Waals surface area (Å²) in [6.45, 7) is 2.47. The van der Waals surface area contributed by atoms with Crippen LogP contribution in [0.4, 0.5) is 0 Å². The number of carbonyl (C=O) groups excluding carboxylic acids is 1. The van der Waals surface area contributed by atoms with E-state index in [1.165, 1.54) is 11.8 Å². The van der Waals surface area contributed by atoms with Crippen LogP contribution in [0, 0.1) is 0 Å². The standard InChI is InChI=1S/C10H17NO4S2/c1-10(13)6-11(7-10)9(12)4-16-8-2-3-17(14,15)5-8/h8,13H,2-7H2,1H3. The summed E-state index contributed by atoms with van der Waals surface area (Å²) >= 11 is 1.42. The molecular weight excluding hydrogens is 262 g/mol. The van der Waals surface area contributed by atoms with Crippen molar-refractivity contribution in [1.82, 2.24) is 4.90 Å². The van der Waals surface area contributed by atoms with Gasteiger partial charge in [-0.05, 0) is 13.3 Å². The van der Waals surface area contributed by atoms with Gasteiger partial charge in [0.25, 0.3) is 0 Å². The molecular formula is C10H17NO4S2. The van der Waals surface area contributed by atoms with E-state index in [0.717, 1.165) is 0 Å². The summed E-state index contributed by atoms with van der Waals surface area (Å²) in [5.74, 6) is 0.752. The molecule has 0 aliphatic carbocycles. The van der Waals surface area contributed by atoms with Crippen molar-refractivity contribution in [2.24, 2.45) is 0 Å². The molecule has 2 aliphatic heterocycles. The Bertz CT molecular complexity index is 410. The maximum Gasteiger partial charge on any atom is 0.232 e. The van der Waals surface area contributed by atoms with E-state index >= 15 is 0 Å². The van der Waals surface area contributed by atoms with Gasteiger partial charge in [0.1, 0.15) is 0 Å². The minimum atomic E-state index is -2.86. The third-order valence-corrected chi connectivity index (χ3v) is 6.32. The lowest BCUT2D eigenvalue weighted by Gasteiger charge is -2.44. The van der Waals surface area contributed by atoms with Gasteiger partial charge in [-0.1, -0.05) is 0 Å². The minimum Gasteiger partial charge on any atom is -0.386 e. The fraction of sp³-hybridized carbons (Fsp3) is 0.900. The van der Waals surface area contributed by atoms with E-state index in [9.17, 15) is 18.3 Å². The average molecular weight is 279 g/mol. The number of aliphatic hydroxyl groups is 1. The number of amides is 1. The second-order valence-corrected chi connectivity index (χ2v) is 8.60. The van der Waals surface area contributed by atoms with Crippen molar-refractivity contribution in [1.29, 1.82) is 0 Å². The summed E-state index contributed by atoms with van der Waals surface area (Å²) in [5.41, 5.74) is -0.739. The maximum atomic E-state index is 11.7. The van der Waals surface area contributed by atoms with E-state index < -0.39 is 15.4 Å². The Morgan fingerprint density at radius 2 is 2.18 bits per heavy atom. The fourth-order valence-corrected chi connectivity index (χ4v) is 5.67. The molecule has 1 unspecified atom stereocenters. The van der Waals surface area contributed by atoms with Crippen LogP contribution in [-0.4, -0.2) is 65.5 Å².